The summed E-state index contributed by atoms with van der Waals surface area (Å²) in [6.07, 6.45) is 2.70. The standard InChI is InChI=1S/C9H13N3O3/c1-5(2)7(9(14)15)12-8(13)6-3-10-4-11-6/h3-5,7H,1-2H3,(H,10,11)(H,12,13)(H,14,15)/t7-/m1/s1. The Kier molecular flexibility index (Phi) is 3.43. The zero-order valence-corrected chi connectivity index (χ0v) is 8.52. The number of H-pyrrole nitrogens is 1. The number of amides is 1. The topological polar surface area (TPSA) is 95.1 Å². The van der Waals surface area contributed by atoms with Gasteiger partial charge in [0.15, 0.2) is 0 Å². The van der Waals surface area contributed by atoms with Crippen LogP contribution >= 0.6 is 0 Å². The van der Waals surface area contributed by atoms with E-state index < -0.39 is 17.9 Å². The highest BCUT2D eigenvalue weighted by atomic mass is 16.4. The molecule has 1 amide bonds. The Morgan fingerprint density at radius 1 is 1.53 bits per heavy atom. The Balaban J connectivity index is 2.67. The quantitative estimate of drug-likeness (QED) is 0.665. The summed E-state index contributed by atoms with van der Waals surface area (Å²) in [5.74, 6) is -1.68. The average molecular weight is 211 g/mol. The Hall–Kier alpha value is -1.85. The van der Waals surface area contributed by atoms with Crippen LogP contribution in [0.2, 0.25) is 0 Å². The van der Waals surface area contributed by atoms with Gasteiger partial charge in [0.25, 0.3) is 5.91 Å². The lowest BCUT2D eigenvalue weighted by atomic mass is 10.0. The minimum atomic E-state index is -1.04. The fraction of sp³-hybridized carbons (Fsp3) is 0.444. The zero-order valence-electron chi connectivity index (χ0n) is 8.52. The highest BCUT2D eigenvalue weighted by molar-refractivity contribution is 5.94. The molecule has 6 nitrogen and oxygen atoms in total. The first-order chi connectivity index (χ1) is 7.02. The lowest BCUT2D eigenvalue weighted by Gasteiger charge is -2.17. The van der Waals surface area contributed by atoms with Crippen molar-refractivity contribution in [2.75, 3.05) is 0 Å². The van der Waals surface area contributed by atoms with Gasteiger partial charge >= 0.3 is 5.97 Å². The van der Waals surface area contributed by atoms with Gasteiger partial charge in [-0.2, -0.15) is 0 Å². The van der Waals surface area contributed by atoms with Gasteiger partial charge in [-0.3, -0.25) is 4.79 Å². The Bertz CT molecular complexity index is 345. The van der Waals surface area contributed by atoms with Gasteiger partial charge in [-0.25, -0.2) is 9.78 Å². The largest absolute Gasteiger partial charge is 0.480 e. The van der Waals surface area contributed by atoms with Crippen molar-refractivity contribution in [2.24, 2.45) is 5.92 Å². The molecule has 0 fully saturated rings. The third-order valence-electron chi connectivity index (χ3n) is 1.96. The van der Waals surface area contributed by atoms with Gasteiger partial charge in [-0.05, 0) is 5.92 Å². The summed E-state index contributed by atoms with van der Waals surface area (Å²) in [6.45, 7) is 3.46. The van der Waals surface area contributed by atoms with Crippen LogP contribution in [-0.4, -0.2) is 33.0 Å². The van der Waals surface area contributed by atoms with E-state index >= 15 is 0 Å². The number of hydrogen-bond acceptors (Lipinski definition) is 3. The summed E-state index contributed by atoms with van der Waals surface area (Å²) >= 11 is 0. The molecule has 0 saturated heterocycles. The second-order valence-electron chi connectivity index (χ2n) is 3.50. The highest BCUT2D eigenvalue weighted by Crippen LogP contribution is 2.03. The number of nitrogens with zero attached hydrogens (tertiary/aromatic N) is 1. The molecule has 0 unspecified atom stereocenters. The fourth-order valence-electron chi connectivity index (χ4n) is 1.11. The van der Waals surface area contributed by atoms with Crippen LogP contribution < -0.4 is 5.32 Å². The van der Waals surface area contributed by atoms with Crippen molar-refractivity contribution in [3.05, 3.63) is 18.2 Å². The van der Waals surface area contributed by atoms with Crippen molar-refractivity contribution in [3.8, 4) is 0 Å². The monoisotopic (exact) mass is 211 g/mol. The molecular weight excluding hydrogens is 198 g/mol. The zero-order chi connectivity index (χ0) is 11.4. The molecule has 0 saturated carbocycles. The number of aromatic nitrogens is 2. The van der Waals surface area contributed by atoms with Crippen molar-refractivity contribution in [1.29, 1.82) is 0 Å². The summed E-state index contributed by atoms with van der Waals surface area (Å²) in [5.41, 5.74) is 0.252. The molecule has 1 atom stereocenters. The van der Waals surface area contributed by atoms with E-state index in [-0.39, 0.29) is 11.6 Å². The van der Waals surface area contributed by atoms with Crippen LogP contribution in [0.3, 0.4) is 0 Å². The number of aliphatic carboxylic acids is 1. The third-order valence-corrected chi connectivity index (χ3v) is 1.96. The maximum Gasteiger partial charge on any atom is 0.326 e. The van der Waals surface area contributed by atoms with Crippen LogP contribution in [-0.2, 0) is 4.79 Å². The molecular formula is C9H13N3O3. The van der Waals surface area contributed by atoms with E-state index in [0.29, 0.717) is 0 Å². The maximum absolute atomic E-state index is 11.5. The van der Waals surface area contributed by atoms with Gasteiger partial charge in [0.1, 0.15) is 11.7 Å². The fourth-order valence-corrected chi connectivity index (χ4v) is 1.11. The molecule has 0 aliphatic heterocycles. The summed E-state index contributed by atoms with van der Waals surface area (Å²) < 4.78 is 0. The summed E-state index contributed by atoms with van der Waals surface area (Å²) in [5, 5.41) is 11.3. The second kappa shape index (κ2) is 4.59. The van der Waals surface area contributed by atoms with Gasteiger partial charge in [0, 0.05) is 0 Å². The van der Waals surface area contributed by atoms with Crippen LogP contribution in [0.15, 0.2) is 12.5 Å². The summed E-state index contributed by atoms with van der Waals surface area (Å²) in [7, 11) is 0. The molecule has 0 spiro atoms. The van der Waals surface area contributed by atoms with Crippen LogP contribution in [0.1, 0.15) is 24.3 Å². The Labute approximate surface area is 86.7 Å². The van der Waals surface area contributed by atoms with Crippen LogP contribution in [0, 0.1) is 5.92 Å². The van der Waals surface area contributed by atoms with Crippen molar-refractivity contribution in [1.82, 2.24) is 15.3 Å². The molecule has 82 valence electrons. The molecule has 1 aromatic heterocycles. The molecule has 0 aromatic carbocycles. The van der Waals surface area contributed by atoms with Gasteiger partial charge in [-0.1, -0.05) is 13.8 Å². The predicted molar refractivity (Wildman–Crippen MR) is 52.3 cm³/mol. The number of carbonyl (C=O) groups is 2. The van der Waals surface area contributed by atoms with Gasteiger partial charge in [-0.15, -0.1) is 0 Å². The van der Waals surface area contributed by atoms with E-state index in [2.05, 4.69) is 15.3 Å². The lowest BCUT2D eigenvalue weighted by molar-refractivity contribution is -0.140. The smallest absolute Gasteiger partial charge is 0.326 e. The summed E-state index contributed by atoms with van der Waals surface area (Å²) in [6, 6.07) is -0.888. The van der Waals surface area contributed by atoms with Crippen LogP contribution in [0.25, 0.3) is 0 Å². The number of aromatic amines is 1. The number of carboxylic acids is 1. The molecule has 15 heavy (non-hydrogen) atoms. The van der Waals surface area contributed by atoms with Gasteiger partial charge in [0.05, 0.1) is 12.5 Å². The van der Waals surface area contributed by atoms with E-state index in [9.17, 15) is 9.59 Å². The number of hydrogen-bond donors (Lipinski definition) is 3. The van der Waals surface area contributed by atoms with Gasteiger partial charge < -0.3 is 15.4 Å². The number of imidazole rings is 1. The number of carboxylic acid groups (broad SMARTS) is 1. The minimum Gasteiger partial charge on any atom is -0.480 e. The first-order valence-electron chi connectivity index (χ1n) is 4.54. The third kappa shape index (κ3) is 2.80. The Morgan fingerprint density at radius 3 is 2.60 bits per heavy atom. The molecule has 3 N–H and O–H groups in total. The molecule has 1 heterocycles. The SMILES string of the molecule is CC(C)[C@@H](NC(=O)c1cnc[nH]1)C(=O)O. The van der Waals surface area contributed by atoms with Crippen molar-refractivity contribution in [3.63, 3.8) is 0 Å². The van der Waals surface area contributed by atoms with Gasteiger partial charge in [0.2, 0.25) is 0 Å². The number of nitrogens with one attached hydrogen (secondary N) is 2. The van der Waals surface area contributed by atoms with E-state index in [1.54, 1.807) is 13.8 Å². The van der Waals surface area contributed by atoms with E-state index in [0.717, 1.165) is 0 Å². The summed E-state index contributed by atoms with van der Waals surface area (Å²) in [4.78, 5) is 28.6. The minimum absolute atomic E-state index is 0.172. The lowest BCUT2D eigenvalue weighted by Crippen LogP contribution is -2.44. The molecule has 0 bridgehead atoms. The van der Waals surface area contributed by atoms with E-state index in [4.69, 9.17) is 5.11 Å². The first kappa shape index (κ1) is 11.2. The molecule has 1 rings (SSSR count). The van der Waals surface area contributed by atoms with Crippen molar-refractivity contribution in [2.45, 2.75) is 19.9 Å². The van der Waals surface area contributed by atoms with Crippen LogP contribution in [0.5, 0.6) is 0 Å². The molecule has 0 aliphatic rings. The van der Waals surface area contributed by atoms with E-state index in [1.807, 2.05) is 0 Å². The predicted octanol–water partition coefficient (Wildman–Crippen LogP) is 0.249. The van der Waals surface area contributed by atoms with Crippen LogP contribution in [0.4, 0.5) is 0 Å². The number of carbonyl (C=O) groups excluding carboxylic acids is 1. The highest BCUT2D eigenvalue weighted by Gasteiger charge is 2.24. The average Bonchev–Trinajstić information content (AvgIpc) is 2.65. The second-order valence-corrected chi connectivity index (χ2v) is 3.50. The van der Waals surface area contributed by atoms with E-state index in [1.165, 1.54) is 12.5 Å². The first-order valence-corrected chi connectivity index (χ1v) is 4.54. The maximum atomic E-state index is 11.5. The Morgan fingerprint density at radius 2 is 2.20 bits per heavy atom. The molecule has 0 aliphatic carbocycles. The normalized spacial score (nSPS) is 12.5. The molecule has 6 heteroatoms. The number of rotatable bonds is 4. The van der Waals surface area contributed by atoms with Crippen molar-refractivity contribution < 1.29 is 14.7 Å². The molecule has 1 aromatic rings. The van der Waals surface area contributed by atoms with Crippen molar-refractivity contribution >= 4 is 11.9 Å². The molecule has 0 radical (unpaired) electrons.